The van der Waals surface area contributed by atoms with E-state index in [4.69, 9.17) is 15.0 Å². The lowest BCUT2D eigenvalue weighted by molar-refractivity contribution is 1.07. The van der Waals surface area contributed by atoms with Gasteiger partial charge in [-0.05, 0) is 75.8 Å². The fourth-order valence-corrected chi connectivity index (χ4v) is 9.95. The van der Waals surface area contributed by atoms with Crippen molar-refractivity contribution in [1.29, 1.82) is 0 Å². The highest BCUT2D eigenvalue weighted by atomic mass is 15.1. The lowest BCUT2D eigenvalue weighted by Crippen LogP contribution is -2.02. The summed E-state index contributed by atoms with van der Waals surface area (Å²) < 4.78 is 4.93. The van der Waals surface area contributed by atoms with E-state index in [-0.39, 0.29) is 0 Å². The van der Waals surface area contributed by atoms with Crippen molar-refractivity contribution in [3.63, 3.8) is 0 Å². The minimum atomic E-state index is 0.613. The van der Waals surface area contributed by atoms with Gasteiger partial charge in [0.1, 0.15) is 0 Å². The van der Waals surface area contributed by atoms with Crippen molar-refractivity contribution < 1.29 is 0 Å². The molecule has 0 aliphatic carbocycles. The summed E-state index contributed by atoms with van der Waals surface area (Å²) >= 11 is 0. The van der Waals surface area contributed by atoms with Gasteiger partial charge in [0.05, 0.1) is 22.1 Å². The molecule has 0 bridgehead atoms. The number of benzene rings is 10. The third kappa shape index (κ3) is 6.76. The van der Waals surface area contributed by atoms with Crippen LogP contribution in [-0.4, -0.2) is 24.1 Å². The predicted octanol–water partition coefficient (Wildman–Crippen LogP) is 16.1. The van der Waals surface area contributed by atoms with Crippen LogP contribution in [0.15, 0.2) is 249 Å². The summed E-state index contributed by atoms with van der Waals surface area (Å²) in [6.07, 6.45) is 0. The molecule has 318 valence electrons. The van der Waals surface area contributed by atoms with E-state index in [0.717, 1.165) is 72.4 Å². The Kier molecular flexibility index (Phi) is 9.43. The Balaban J connectivity index is 1.06. The maximum Gasteiger partial charge on any atom is 0.164 e. The lowest BCUT2D eigenvalue weighted by Gasteiger charge is -2.16. The number of nitrogens with zero attached hydrogens (tertiary/aromatic N) is 5. The van der Waals surface area contributed by atoms with Crippen molar-refractivity contribution >= 4 is 43.6 Å². The van der Waals surface area contributed by atoms with Gasteiger partial charge in [0.2, 0.25) is 0 Å². The molecule has 3 heterocycles. The topological polar surface area (TPSA) is 48.5 Å². The van der Waals surface area contributed by atoms with Crippen molar-refractivity contribution in [2.75, 3.05) is 0 Å². The Bertz CT molecular complexity index is 3930. The molecule has 13 aromatic rings. The van der Waals surface area contributed by atoms with Gasteiger partial charge in [0.15, 0.2) is 17.5 Å². The minimum absolute atomic E-state index is 0.613. The van der Waals surface area contributed by atoms with Crippen LogP contribution in [0.4, 0.5) is 0 Å². The van der Waals surface area contributed by atoms with Crippen molar-refractivity contribution in [2.45, 2.75) is 0 Å². The van der Waals surface area contributed by atoms with E-state index >= 15 is 0 Å². The van der Waals surface area contributed by atoms with Crippen LogP contribution in [0, 0.1) is 0 Å². The number of hydrogen-bond acceptors (Lipinski definition) is 3. The SMILES string of the molecule is c1ccc(-c2ccc(-c3cc(-c4ccccc4)cc(-n4c5ccccc5c5ccc6c7ccccc7n(-c7cccc(-c8nc(-c9ccccc9)nc(-c9ccccc9)n8)c7)c6c54)c3)cc2)cc1. The largest absolute Gasteiger partial charge is 0.307 e. The highest BCUT2D eigenvalue weighted by Gasteiger charge is 2.23. The Hall–Kier alpha value is -9.19. The van der Waals surface area contributed by atoms with E-state index in [2.05, 4.69) is 197 Å². The van der Waals surface area contributed by atoms with Crippen LogP contribution >= 0.6 is 0 Å². The smallest absolute Gasteiger partial charge is 0.164 e. The second kappa shape index (κ2) is 16.4. The third-order valence-electron chi connectivity index (χ3n) is 13.1. The monoisotopic (exact) mass is 867 g/mol. The second-order valence-electron chi connectivity index (χ2n) is 17.2. The lowest BCUT2D eigenvalue weighted by atomic mass is 9.96. The number of hydrogen-bond donors (Lipinski definition) is 0. The Morgan fingerprint density at radius 1 is 0.221 bits per heavy atom. The van der Waals surface area contributed by atoms with E-state index in [9.17, 15) is 0 Å². The molecule has 0 radical (unpaired) electrons. The summed E-state index contributed by atoms with van der Waals surface area (Å²) in [7, 11) is 0. The van der Waals surface area contributed by atoms with Crippen LogP contribution in [0.5, 0.6) is 0 Å². The molecule has 0 amide bonds. The Morgan fingerprint density at radius 2 is 0.574 bits per heavy atom. The summed E-state index contributed by atoms with van der Waals surface area (Å²) in [6, 6.07) is 88.5. The standard InChI is InChI=1S/C63H41N5/c1-5-18-42(19-6-1)44-32-34-45(35-33-44)50-38-49(43-20-7-2-8-21-43)40-52(41-50)68-58-31-16-14-29-54(58)56-37-36-55-53-28-13-15-30-57(53)67(59(55)60(56)68)51-27-17-26-48(39-51)63-65-61(46-22-9-3-10-23-46)64-62(66-63)47-24-11-4-12-25-47/h1-41H. The number of fused-ring (bicyclic) bond motifs is 7. The number of aromatic nitrogens is 5. The van der Waals surface area contributed by atoms with Crippen LogP contribution < -0.4 is 0 Å². The van der Waals surface area contributed by atoms with Crippen molar-refractivity contribution in [1.82, 2.24) is 24.1 Å². The van der Waals surface area contributed by atoms with Gasteiger partial charge in [0.25, 0.3) is 0 Å². The highest BCUT2D eigenvalue weighted by molar-refractivity contribution is 6.24. The van der Waals surface area contributed by atoms with Crippen molar-refractivity contribution in [2.24, 2.45) is 0 Å². The molecule has 0 spiro atoms. The van der Waals surface area contributed by atoms with Gasteiger partial charge in [-0.25, -0.2) is 15.0 Å². The molecule has 0 unspecified atom stereocenters. The summed E-state index contributed by atoms with van der Waals surface area (Å²) in [5.74, 6) is 1.88. The molecule has 0 N–H and O–H groups in total. The maximum absolute atomic E-state index is 5.13. The van der Waals surface area contributed by atoms with Gasteiger partial charge in [0, 0.05) is 49.6 Å². The van der Waals surface area contributed by atoms with E-state index < -0.39 is 0 Å². The quantitative estimate of drug-likeness (QED) is 0.153. The molecular weight excluding hydrogens is 827 g/mol. The molecule has 0 atom stereocenters. The fourth-order valence-electron chi connectivity index (χ4n) is 9.95. The molecule has 0 saturated carbocycles. The van der Waals surface area contributed by atoms with E-state index in [1.807, 2.05) is 60.7 Å². The van der Waals surface area contributed by atoms with Crippen LogP contribution in [0.3, 0.4) is 0 Å². The minimum Gasteiger partial charge on any atom is -0.307 e. The van der Waals surface area contributed by atoms with Gasteiger partial charge in [-0.1, -0.05) is 206 Å². The first kappa shape index (κ1) is 39.2. The van der Waals surface area contributed by atoms with Crippen molar-refractivity contribution in [3.8, 4) is 78.9 Å². The molecule has 13 rings (SSSR count). The Labute approximate surface area is 393 Å². The molecule has 0 aliphatic rings. The molecule has 0 saturated heterocycles. The molecular formula is C63H41N5. The van der Waals surface area contributed by atoms with Gasteiger partial charge in [-0.3, -0.25) is 0 Å². The molecule has 3 aromatic heterocycles. The van der Waals surface area contributed by atoms with Crippen LogP contribution in [-0.2, 0) is 0 Å². The summed E-state index contributed by atoms with van der Waals surface area (Å²) in [4.78, 5) is 15.2. The highest BCUT2D eigenvalue weighted by Crippen LogP contribution is 2.43. The van der Waals surface area contributed by atoms with Gasteiger partial charge >= 0.3 is 0 Å². The predicted molar refractivity (Wildman–Crippen MR) is 281 cm³/mol. The molecule has 0 fully saturated rings. The zero-order valence-corrected chi connectivity index (χ0v) is 36.9. The number of para-hydroxylation sites is 2. The Morgan fingerprint density at radius 3 is 1.07 bits per heavy atom. The van der Waals surface area contributed by atoms with Gasteiger partial charge in [-0.15, -0.1) is 0 Å². The molecule has 68 heavy (non-hydrogen) atoms. The van der Waals surface area contributed by atoms with Crippen LogP contribution in [0.25, 0.3) is 123 Å². The molecule has 10 aromatic carbocycles. The fraction of sp³-hybridized carbons (Fsp3) is 0. The third-order valence-corrected chi connectivity index (χ3v) is 13.1. The zero-order valence-electron chi connectivity index (χ0n) is 36.9. The first-order chi connectivity index (χ1) is 33.7. The molecule has 0 aliphatic heterocycles. The van der Waals surface area contributed by atoms with E-state index in [1.54, 1.807) is 0 Å². The first-order valence-corrected chi connectivity index (χ1v) is 23.0. The number of rotatable bonds is 8. The first-order valence-electron chi connectivity index (χ1n) is 23.0. The summed E-state index contributed by atoms with van der Waals surface area (Å²) in [5, 5.41) is 4.74. The second-order valence-corrected chi connectivity index (χ2v) is 17.2. The van der Waals surface area contributed by atoms with Crippen LogP contribution in [0.1, 0.15) is 0 Å². The summed E-state index contributed by atoms with van der Waals surface area (Å²) in [5.41, 5.74) is 16.4. The van der Waals surface area contributed by atoms with Gasteiger partial charge in [-0.2, -0.15) is 0 Å². The van der Waals surface area contributed by atoms with E-state index in [0.29, 0.717) is 17.5 Å². The van der Waals surface area contributed by atoms with Crippen molar-refractivity contribution in [3.05, 3.63) is 249 Å². The summed E-state index contributed by atoms with van der Waals surface area (Å²) in [6.45, 7) is 0. The molecule has 5 nitrogen and oxygen atoms in total. The maximum atomic E-state index is 5.13. The average Bonchev–Trinajstić information content (AvgIpc) is 3.95. The molecule has 5 heteroatoms. The average molecular weight is 868 g/mol. The van der Waals surface area contributed by atoms with E-state index in [1.165, 1.54) is 32.7 Å². The zero-order chi connectivity index (χ0) is 45.0. The van der Waals surface area contributed by atoms with Gasteiger partial charge < -0.3 is 9.13 Å². The van der Waals surface area contributed by atoms with Crippen LogP contribution in [0.2, 0.25) is 0 Å². The normalized spacial score (nSPS) is 11.5.